The Balaban J connectivity index is 0.00000196. The number of anilines is 4. The molecule has 6 heteroatoms. The Morgan fingerprint density at radius 2 is 1.31 bits per heavy atom. The standard InChI is InChI=1S/C20H15FN4.ClH/c21-14-10-12-16(13-11-14)23-20-24-18-9-5-4-8-17(18)19(25-20)22-15-6-2-1-3-7-15;/h1-13H,(H2,22,23,24,25);1H. The first-order valence-corrected chi connectivity index (χ1v) is 7.89. The van der Waals surface area contributed by atoms with E-state index in [2.05, 4.69) is 20.6 Å². The Kier molecular flexibility index (Phi) is 5.29. The van der Waals surface area contributed by atoms with Crippen molar-refractivity contribution < 1.29 is 4.39 Å². The highest BCUT2D eigenvalue weighted by molar-refractivity contribution is 5.91. The summed E-state index contributed by atoms with van der Waals surface area (Å²) < 4.78 is 13.1. The van der Waals surface area contributed by atoms with Crippen molar-refractivity contribution in [3.63, 3.8) is 0 Å². The predicted molar refractivity (Wildman–Crippen MR) is 106 cm³/mol. The number of nitrogens with zero attached hydrogens (tertiary/aromatic N) is 2. The van der Waals surface area contributed by atoms with Crippen LogP contribution in [0.25, 0.3) is 10.9 Å². The van der Waals surface area contributed by atoms with Crippen LogP contribution in [0.15, 0.2) is 78.9 Å². The number of para-hydroxylation sites is 2. The quantitative estimate of drug-likeness (QED) is 0.488. The number of aromatic nitrogens is 2. The number of nitrogens with one attached hydrogen (secondary N) is 2. The van der Waals surface area contributed by atoms with Crippen molar-refractivity contribution in [2.24, 2.45) is 0 Å². The largest absolute Gasteiger partial charge is 0.340 e. The summed E-state index contributed by atoms with van der Waals surface area (Å²) in [6, 6.07) is 23.7. The maximum atomic E-state index is 13.1. The summed E-state index contributed by atoms with van der Waals surface area (Å²) in [4.78, 5) is 9.13. The van der Waals surface area contributed by atoms with Crippen LogP contribution in [-0.4, -0.2) is 9.97 Å². The molecule has 0 aliphatic heterocycles. The van der Waals surface area contributed by atoms with Gasteiger partial charge >= 0.3 is 0 Å². The summed E-state index contributed by atoms with van der Waals surface area (Å²) in [5, 5.41) is 7.38. The molecule has 0 amide bonds. The second kappa shape index (κ2) is 7.80. The van der Waals surface area contributed by atoms with Crippen LogP contribution < -0.4 is 10.6 Å². The van der Waals surface area contributed by atoms with Crippen LogP contribution in [0, 0.1) is 5.82 Å². The molecule has 0 radical (unpaired) electrons. The highest BCUT2D eigenvalue weighted by atomic mass is 35.5. The van der Waals surface area contributed by atoms with E-state index < -0.39 is 0 Å². The Hall–Kier alpha value is -3.18. The van der Waals surface area contributed by atoms with Gasteiger partial charge in [0, 0.05) is 16.8 Å². The lowest BCUT2D eigenvalue weighted by atomic mass is 10.2. The maximum absolute atomic E-state index is 13.1. The van der Waals surface area contributed by atoms with Gasteiger partial charge in [-0.1, -0.05) is 30.3 Å². The molecule has 2 N–H and O–H groups in total. The SMILES string of the molecule is Cl.Fc1ccc(Nc2nc(Nc3ccccc3)c3ccccc3n2)cc1. The van der Waals surface area contributed by atoms with E-state index in [4.69, 9.17) is 0 Å². The van der Waals surface area contributed by atoms with Crippen molar-refractivity contribution in [2.75, 3.05) is 10.6 Å². The molecule has 4 rings (SSSR count). The van der Waals surface area contributed by atoms with Crippen molar-refractivity contribution >= 4 is 46.5 Å². The summed E-state index contributed by atoms with van der Waals surface area (Å²) in [5.41, 5.74) is 2.49. The van der Waals surface area contributed by atoms with Crippen LogP contribution in [0.3, 0.4) is 0 Å². The minimum atomic E-state index is -0.281. The van der Waals surface area contributed by atoms with Crippen molar-refractivity contribution in [1.29, 1.82) is 0 Å². The van der Waals surface area contributed by atoms with Crippen LogP contribution in [0.2, 0.25) is 0 Å². The van der Waals surface area contributed by atoms with Crippen LogP contribution in [0.1, 0.15) is 0 Å². The molecule has 26 heavy (non-hydrogen) atoms. The molecular weight excluding hydrogens is 351 g/mol. The zero-order valence-electron chi connectivity index (χ0n) is 13.7. The van der Waals surface area contributed by atoms with Crippen LogP contribution >= 0.6 is 12.4 Å². The minimum absolute atomic E-state index is 0. The van der Waals surface area contributed by atoms with Crippen LogP contribution in [0.5, 0.6) is 0 Å². The average molecular weight is 367 g/mol. The molecular formula is C20H16ClFN4. The van der Waals surface area contributed by atoms with E-state index in [9.17, 15) is 4.39 Å². The zero-order valence-corrected chi connectivity index (χ0v) is 14.5. The molecule has 3 aromatic carbocycles. The maximum Gasteiger partial charge on any atom is 0.229 e. The molecule has 1 heterocycles. The fourth-order valence-corrected chi connectivity index (χ4v) is 2.55. The van der Waals surface area contributed by atoms with Crippen molar-refractivity contribution in [3.8, 4) is 0 Å². The zero-order chi connectivity index (χ0) is 17.1. The summed E-state index contributed by atoms with van der Waals surface area (Å²) in [6.07, 6.45) is 0. The van der Waals surface area contributed by atoms with Gasteiger partial charge in [0.2, 0.25) is 5.95 Å². The third kappa shape index (κ3) is 3.90. The minimum Gasteiger partial charge on any atom is -0.340 e. The monoisotopic (exact) mass is 366 g/mol. The van der Waals surface area contributed by atoms with E-state index in [1.807, 2.05) is 54.6 Å². The van der Waals surface area contributed by atoms with E-state index >= 15 is 0 Å². The van der Waals surface area contributed by atoms with Gasteiger partial charge in [-0.25, -0.2) is 9.37 Å². The number of halogens is 2. The first-order chi connectivity index (χ1) is 12.3. The Morgan fingerprint density at radius 3 is 2.08 bits per heavy atom. The van der Waals surface area contributed by atoms with Gasteiger partial charge in [0.1, 0.15) is 11.6 Å². The molecule has 4 nitrogen and oxygen atoms in total. The molecule has 0 aliphatic carbocycles. The summed E-state index contributed by atoms with van der Waals surface area (Å²) in [5.74, 6) is 0.876. The highest BCUT2D eigenvalue weighted by Crippen LogP contribution is 2.26. The van der Waals surface area contributed by atoms with Gasteiger partial charge in [-0.3, -0.25) is 0 Å². The lowest BCUT2D eigenvalue weighted by molar-refractivity contribution is 0.628. The second-order valence-electron chi connectivity index (χ2n) is 5.54. The van der Waals surface area contributed by atoms with Gasteiger partial charge < -0.3 is 10.6 Å². The molecule has 0 aliphatic rings. The lowest BCUT2D eigenvalue weighted by Gasteiger charge is -2.12. The molecule has 0 atom stereocenters. The van der Waals surface area contributed by atoms with E-state index in [-0.39, 0.29) is 18.2 Å². The molecule has 0 unspecified atom stereocenters. The van der Waals surface area contributed by atoms with Crippen molar-refractivity contribution in [2.45, 2.75) is 0 Å². The third-order valence-corrected chi connectivity index (χ3v) is 3.74. The fraction of sp³-hybridized carbons (Fsp3) is 0. The van der Waals surface area contributed by atoms with E-state index in [1.54, 1.807) is 12.1 Å². The van der Waals surface area contributed by atoms with Crippen LogP contribution in [-0.2, 0) is 0 Å². The first kappa shape index (κ1) is 17.6. The second-order valence-corrected chi connectivity index (χ2v) is 5.54. The molecule has 4 aromatic rings. The smallest absolute Gasteiger partial charge is 0.229 e. The molecule has 0 saturated carbocycles. The van der Waals surface area contributed by atoms with Gasteiger partial charge in [-0.05, 0) is 48.5 Å². The number of rotatable bonds is 4. The van der Waals surface area contributed by atoms with Gasteiger partial charge in [0.25, 0.3) is 0 Å². The van der Waals surface area contributed by atoms with Gasteiger partial charge in [0.15, 0.2) is 0 Å². The van der Waals surface area contributed by atoms with Gasteiger partial charge in [-0.15, -0.1) is 12.4 Å². The molecule has 130 valence electrons. The van der Waals surface area contributed by atoms with Gasteiger partial charge in [-0.2, -0.15) is 4.98 Å². The first-order valence-electron chi connectivity index (χ1n) is 7.89. The summed E-state index contributed by atoms with van der Waals surface area (Å²) in [6.45, 7) is 0. The average Bonchev–Trinajstić information content (AvgIpc) is 2.65. The van der Waals surface area contributed by atoms with E-state index in [1.165, 1.54) is 12.1 Å². The lowest BCUT2D eigenvalue weighted by Crippen LogP contribution is -2.02. The van der Waals surface area contributed by atoms with Crippen LogP contribution in [0.4, 0.5) is 27.5 Å². The molecule has 0 saturated heterocycles. The molecule has 0 spiro atoms. The molecule has 0 fully saturated rings. The Bertz CT molecular complexity index is 1010. The Labute approximate surface area is 156 Å². The topological polar surface area (TPSA) is 49.8 Å². The van der Waals surface area contributed by atoms with Gasteiger partial charge in [0.05, 0.1) is 5.52 Å². The summed E-state index contributed by atoms with van der Waals surface area (Å²) in [7, 11) is 0. The third-order valence-electron chi connectivity index (χ3n) is 3.74. The number of fused-ring (bicyclic) bond motifs is 1. The Morgan fingerprint density at radius 1 is 0.654 bits per heavy atom. The predicted octanol–water partition coefficient (Wildman–Crippen LogP) is 5.68. The molecule has 0 bridgehead atoms. The van der Waals surface area contributed by atoms with Crippen molar-refractivity contribution in [1.82, 2.24) is 9.97 Å². The van der Waals surface area contributed by atoms with E-state index in [0.29, 0.717) is 11.8 Å². The molecule has 1 aromatic heterocycles. The fourth-order valence-electron chi connectivity index (χ4n) is 2.55. The normalized spacial score (nSPS) is 10.2. The highest BCUT2D eigenvalue weighted by Gasteiger charge is 2.08. The number of hydrogen-bond donors (Lipinski definition) is 2. The number of benzene rings is 3. The van der Waals surface area contributed by atoms with Crippen molar-refractivity contribution in [3.05, 3.63) is 84.7 Å². The summed E-state index contributed by atoms with van der Waals surface area (Å²) >= 11 is 0. The van der Waals surface area contributed by atoms with E-state index in [0.717, 1.165) is 22.3 Å². The number of hydrogen-bond acceptors (Lipinski definition) is 4.